The first-order valence-corrected chi connectivity index (χ1v) is 4.65. The molecule has 3 heteroatoms. The average Bonchev–Trinajstić information content (AvgIpc) is 2.14. The van der Waals surface area contributed by atoms with E-state index in [2.05, 4.69) is 22.5 Å². The highest BCUT2D eigenvalue weighted by atomic mass is 79.9. The van der Waals surface area contributed by atoms with Crippen molar-refractivity contribution in [2.24, 2.45) is 0 Å². The van der Waals surface area contributed by atoms with E-state index in [4.69, 9.17) is 4.74 Å². The van der Waals surface area contributed by atoms with Gasteiger partial charge in [0.1, 0.15) is 0 Å². The van der Waals surface area contributed by atoms with Crippen molar-refractivity contribution in [3.63, 3.8) is 0 Å². The van der Waals surface area contributed by atoms with E-state index in [9.17, 15) is 5.11 Å². The molecule has 0 aliphatic carbocycles. The summed E-state index contributed by atoms with van der Waals surface area (Å²) in [5.74, 6) is 0.613. The maximum absolute atomic E-state index is 9.60. The molecule has 0 aliphatic heterocycles. The number of methoxy groups -OCH3 is 1. The van der Waals surface area contributed by atoms with Crippen LogP contribution in [0.25, 0.3) is 0 Å². The molecule has 1 rings (SSSR count). The zero-order valence-electron chi connectivity index (χ0n) is 7.38. The van der Waals surface area contributed by atoms with Crippen molar-refractivity contribution >= 4 is 15.9 Å². The molecule has 0 fully saturated rings. The molecule has 0 atom stereocenters. The van der Waals surface area contributed by atoms with E-state index in [1.54, 1.807) is 12.1 Å². The molecule has 0 unspecified atom stereocenters. The van der Waals surface area contributed by atoms with Crippen molar-refractivity contribution in [1.29, 1.82) is 0 Å². The number of ether oxygens (including phenoxy) is 1. The Balaban J connectivity index is 3.14. The van der Waals surface area contributed by atoms with Crippen LogP contribution in [0.2, 0.25) is 0 Å². The van der Waals surface area contributed by atoms with Gasteiger partial charge in [0.05, 0.1) is 11.6 Å². The number of rotatable bonds is 3. The third-order valence-corrected chi connectivity index (χ3v) is 2.63. The Hall–Kier alpha value is -0.960. The topological polar surface area (TPSA) is 29.5 Å². The summed E-state index contributed by atoms with van der Waals surface area (Å²) in [7, 11) is 1.52. The van der Waals surface area contributed by atoms with Crippen LogP contribution in [0.1, 0.15) is 5.56 Å². The van der Waals surface area contributed by atoms with Gasteiger partial charge in [-0.15, -0.1) is 6.58 Å². The van der Waals surface area contributed by atoms with E-state index in [-0.39, 0.29) is 5.75 Å². The molecule has 0 saturated carbocycles. The minimum atomic E-state index is 0.141. The zero-order valence-corrected chi connectivity index (χ0v) is 8.97. The third kappa shape index (κ3) is 2.04. The lowest BCUT2D eigenvalue weighted by Gasteiger charge is -2.08. The summed E-state index contributed by atoms with van der Waals surface area (Å²) in [4.78, 5) is 0. The number of benzene rings is 1. The van der Waals surface area contributed by atoms with Crippen LogP contribution in [-0.4, -0.2) is 12.2 Å². The smallest absolute Gasteiger partial charge is 0.172 e. The number of allylic oxidation sites excluding steroid dienone is 1. The summed E-state index contributed by atoms with van der Waals surface area (Å²) < 4.78 is 5.63. The summed E-state index contributed by atoms with van der Waals surface area (Å²) in [6.45, 7) is 3.64. The Morgan fingerprint density at radius 1 is 1.62 bits per heavy atom. The fraction of sp³-hybridized carbons (Fsp3) is 0.200. The second-order valence-corrected chi connectivity index (χ2v) is 3.38. The molecule has 0 aliphatic rings. The van der Waals surface area contributed by atoms with Gasteiger partial charge in [-0.2, -0.15) is 0 Å². The van der Waals surface area contributed by atoms with Gasteiger partial charge in [-0.3, -0.25) is 0 Å². The molecule has 2 nitrogen and oxygen atoms in total. The number of phenolic OH excluding ortho intramolecular Hbond substituents is 1. The van der Waals surface area contributed by atoms with Crippen LogP contribution in [0, 0.1) is 0 Å². The van der Waals surface area contributed by atoms with Gasteiger partial charge in [-0.05, 0) is 34.0 Å². The van der Waals surface area contributed by atoms with Gasteiger partial charge in [0.15, 0.2) is 11.5 Å². The normalized spacial score (nSPS) is 9.69. The van der Waals surface area contributed by atoms with E-state index in [0.717, 1.165) is 12.0 Å². The third-order valence-electron chi connectivity index (χ3n) is 1.74. The lowest BCUT2D eigenvalue weighted by atomic mass is 10.1. The fourth-order valence-electron chi connectivity index (χ4n) is 1.07. The van der Waals surface area contributed by atoms with Gasteiger partial charge < -0.3 is 9.84 Å². The lowest BCUT2D eigenvalue weighted by molar-refractivity contribution is 0.371. The molecule has 0 radical (unpaired) electrons. The van der Waals surface area contributed by atoms with Crippen molar-refractivity contribution in [1.82, 2.24) is 0 Å². The molecule has 13 heavy (non-hydrogen) atoms. The van der Waals surface area contributed by atoms with Crippen LogP contribution >= 0.6 is 15.9 Å². The number of hydrogen-bond donors (Lipinski definition) is 1. The minimum absolute atomic E-state index is 0.141. The van der Waals surface area contributed by atoms with Crippen LogP contribution in [-0.2, 0) is 6.42 Å². The summed E-state index contributed by atoms with van der Waals surface area (Å²) in [6, 6.07) is 3.63. The Bertz CT molecular complexity index is 321. The SMILES string of the molecule is C=CCc1ccc(OC)c(O)c1Br. The maximum Gasteiger partial charge on any atom is 0.172 e. The molecule has 0 saturated heterocycles. The van der Waals surface area contributed by atoms with Crippen LogP contribution in [0.15, 0.2) is 29.3 Å². The number of halogens is 1. The maximum atomic E-state index is 9.60. The van der Waals surface area contributed by atoms with Gasteiger partial charge in [-0.1, -0.05) is 12.1 Å². The molecule has 0 amide bonds. The highest BCUT2D eigenvalue weighted by molar-refractivity contribution is 9.10. The van der Waals surface area contributed by atoms with Crippen LogP contribution < -0.4 is 4.74 Å². The molecule has 1 aromatic rings. The standard InChI is InChI=1S/C10H11BrO2/c1-3-4-7-5-6-8(13-2)10(12)9(7)11/h3,5-6,12H,1,4H2,2H3. The molecule has 0 bridgehead atoms. The van der Waals surface area contributed by atoms with Crippen LogP contribution in [0.3, 0.4) is 0 Å². The number of phenols is 1. The van der Waals surface area contributed by atoms with Crippen molar-refractivity contribution in [3.8, 4) is 11.5 Å². The van der Waals surface area contributed by atoms with E-state index in [0.29, 0.717) is 10.2 Å². The van der Waals surface area contributed by atoms with Crippen molar-refractivity contribution in [2.45, 2.75) is 6.42 Å². The number of hydrogen-bond acceptors (Lipinski definition) is 2. The summed E-state index contributed by atoms with van der Waals surface area (Å²) in [6.07, 6.45) is 2.50. The van der Waals surface area contributed by atoms with Crippen molar-refractivity contribution in [3.05, 3.63) is 34.8 Å². The summed E-state index contributed by atoms with van der Waals surface area (Å²) in [5.41, 5.74) is 0.994. The van der Waals surface area contributed by atoms with Crippen molar-refractivity contribution < 1.29 is 9.84 Å². The fourth-order valence-corrected chi connectivity index (χ4v) is 1.56. The van der Waals surface area contributed by atoms with Gasteiger partial charge >= 0.3 is 0 Å². The highest BCUT2D eigenvalue weighted by Crippen LogP contribution is 2.36. The number of aromatic hydroxyl groups is 1. The van der Waals surface area contributed by atoms with E-state index >= 15 is 0 Å². The first kappa shape index (κ1) is 10.1. The molecule has 1 N–H and O–H groups in total. The van der Waals surface area contributed by atoms with Crippen LogP contribution in [0.5, 0.6) is 11.5 Å². The first-order valence-electron chi connectivity index (χ1n) is 3.86. The lowest BCUT2D eigenvalue weighted by Crippen LogP contribution is -1.88. The predicted molar refractivity (Wildman–Crippen MR) is 56.3 cm³/mol. The zero-order chi connectivity index (χ0) is 9.84. The monoisotopic (exact) mass is 242 g/mol. The molecular weight excluding hydrogens is 232 g/mol. The molecule has 0 spiro atoms. The molecule has 1 aromatic carbocycles. The van der Waals surface area contributed by atoms with E-state index in [1.807, 2.05) is 6.07 Å². The highest BCUT2D eigenvalue weighted by Gasteiger charge is 2.08. The van der Waals surface area contributed by atoms with Crippen molar-refractivity contribution in [2.75, 3.05) is 7.11 Å². The largest absolute Gasteiger partial charge is 0.503 e. The summed E-state index contributed by atoms with van der Waals surface area (Å²) >= 11 is 3.30. The predicted octanol–water partition coefficient (Wildman–Crippen LogP) is 2.89. The Labute approximate surface area is 86.0 Å². The molecule has 70 valence electrons. The van der Waals surface area contributed by atoms with Gasteiger partial charge in [0.25, 0.3) is 0 Å². The van der Waals surface area contributed by atoms with Gasteiger partial charge in [0, 0.05) is 0 Å². The average molecular weight is 243 g/mol. The minimum Gasteiger partial charge on any atom is -0.503 e. The Morgan fingerprint density at radius 3 is 2.85 bits per heavy atom. The summed E-state index contributed by atoms with van der Waals surface area (Å²) in [5, 5.41) is 9.60. The second-order valence-electron chi connectivity index (χ2n) is 2.58. The van der Waals surface area contributed by atoms with Gasteiger partial charge in [-0.25, -0.2) is 0 Å². The van der Waals surface area contributed by atoms with E-state index in [1.165, 1.54) is 7.11 Å². The Morgan fingerprint density at radius 2 is 2.31 bits per heavy atom. The second kappa shape index (κ2) is 4.33. The molecular formula is C10H11BrO2. The molecule has 0 heterocycles. The van der Waals surface area contributed by atoms with Crippen LogP contribution in [0.4, 0.5) is 0 Å². The Kier molecular flexibility index (Phi) is 3.37. The molecule has 0 aromatic heterocycles. The quantitative estimate of drug-likeness (QED) is 0.827. The van der Waals surface area contributed by atoms with Gasteiger partial charge in [0.2, 0.25) is 0 Å². The van der Waals surface area contributed by atoms with E-state index < -0.39 is 0 Å². The first-order chi connectivity index (χ1) is 6.20.